The minimum absolute atomic E-state index is 0.0206. The van der Waals surface area contributed by atoms with Gasteiger partial charge in [-0.3, -0.25) is 4.79 Å². The summed E-state index contributed by atoms with van der Waals surface area (Å²) in [5.74, 6) is -1.78. The summed E-state index contributed by atoms with van der Waals surface area (Å²) >= 11 is 0. The second-order valence-electron chi connectivity index (χ2n) is 4.74. The normalized spacial score (nSPS) is 10.4. The van der Waals surface area contributed by atoms with Crippen LogP contribution in [0.25, 0.3) is 0 Å². The molecule has 0 aliphatic heterocycles. The molecule has 0 radical (unpaired) electrons. The number of carbonyl (C=O) groups excluding carboxylic acids is 1. The van der Waals surface area contributed by atoms with Crippen molar-refractivity contribution in [2.24, 2.45) is 0 Å². The van der Waals surface area contributed by atoms with Crippen LogP contribution in [-0.2, 0) is 6.42 Å². The molecule has 2 aromatic rings. The fraction of sp³-hybridized carbons (Fsp3) is 0.188. The maximum absolute atomic E-state index is 13.0. The van der Waals surface area contributed by atoms with Gasteiger partial charge in [0.15, 0.2) is 0 Å². The molecule has 0 aromatic heterocycles. The summed E-state index contributed by atoms with van der Waals surface area (Å²) in [6, 6.07) is 7.70. The number of amides is 1. The van der Waals surface area contributed by atoms with Gasteiger partial charge in [0.25, 0.3) is 5.91 Å². The molecule has 0 saturated carbocycles. The lowest BCUT2D eigenvalue weighted by Crippen LogP contribution is -2.26. The second kappa shape index (κ2) is 6.35. The fourth-order valence-electron chi connectivity index (χ4n) is 2.04. The average Bonchev–Trinajstić information content (AvgIpc) is 2.41. The molecule has 0 bridgehead atoms. The van der Waals surface area contributed by atoms with Crippen molar-refractivity contribution in [3.63, 3.8) is 0 Å². The lowest BCUT2D eigenvalue weighted by Gasteiger charge is -2.09. The van der Waals surface area contributed by atoms with Crippen molar-refractivity contribution in [2.75, 3.05) is 6.54 Å². The molecule has 0 unspecified atom stereocenters. The molecule has 2 N–H and O–H groups in total. The van der Waals surface area contributed by atoms with Crippen LogP contribution in [0.15, 0.2) is 36.4 Å². The number of aryl methyl sites for hydroxylation is 1. The van der Waals surface area contributed by atoms with Crippen LogP contribution in [0.2, 0.25) is 0 Å². The number of halogens is 2. The number of hydrogen-bond donors (Lipinski definition) is 2. The van der Waals surface area contributed by atoms with E-state index in [0.29, 0.717) is 13.0 Å². The zero-order valence-electron chi connectivity index (χ0n) is 11.5. The molecule has 3 nitrogen and oxygen atoms in total. The Hall–Kier alpha value is -2.43. The Kier molecular flexibility index (Phi) is 4.52. The SMILES string of the molecule is Cc1cc(F)ccc1CCNC(=O)c1ccc(F)cc1O. The van der Waals surface area contributed by atoms with Crippen LogP contribution in [0.3, 0.4) is 0 Å². The van der Waals surface area contributed by atoms with Crippen molar-refractivity contribution in [2.45, 2.75) is 13.3 Å². The topological polar surface area (TPSA) is 49.3 Å². The van der Waals surface area contributed by atoms with Crippen LogP contribution in [0.1, 0.15) is 21.5 Å². The van der Waals surface area contributed by atoms with E-state index < -0.39 is 17.5 Å². The van der Waals surface area contributed by atoms with Crippen LogP contribution >= 0.6 is 0 Å². The van der Waals surface area contributed by atoms with Gasteiger partial charge < -0.3 is 10.4 Å². The van der Waals surface area contributed by atoms with Gasteiger partial charge in [-0.25, -0.2) is 8.78 Å². The first-order valence-corrected chi connectivity index (χ1v) is 6.49. The summed E-state index contributed by atoms with van der Waals surface area (Å²) in [7, 11) is 0. The highest BCUT2D eigenvalue weighted by atomic mass is 19.1. The van der Waals surface area contributed by atoms with E-state index in [1.54, 1.807) is 13.0 Å². The number of rotatable bonds is 4. The Balaban J connectivity index is 1.95. The average molecular weight is 291 g/mol. The Bertz CT molecular complexity index is 671. The molecule has 2 aromatic carbocycles. The number of carbonyl (C=O) groups is 1. The second-order valence-corrected chi connectivity index (χ2v) is 4.74. The fourth-order valence-corrected chi connectivity index (χ4v) is 2.04. The number of hydrogen-bond acceptors (Lipinski definition) is 2. The van der Waals surface area contributed by atoms with E-state index in [1.807, 2.05) is 0 Å². The standard InChI is InChI=1S/C16H15F2NO2/c1-10-8-12(17)3-2-11(10)6-7-19-16(21)14-5-4-13(18)9-15(14)20/h2-5,8-9,20H,6-7H2,1H3,(H,19,21). The van der Waals surface area contributed by atoms with Crippen LogP contribution in [-0.4, -0.2) is 17.6 Å². The van der Waals surface area contributed by atoms with E-state index >= 15 is 0 Å². The molecule has 1 amide bonds. The number of nitrogens with one attached hydrogen (secondary N) is 1. The Labute approximate surface area is 121 Å². The van der Waals surface area contributed by atoms with Gasteiger partial charge in [0, 0.05) is 12.6 Å². The maximum atomic E-state index is 13.0. The Morgan fingerprint density at radius 3 is 2.48 bits per heavy atom. The van der Waals surface area contributed by atoms with E-state index in [9.17, 15) is 18.7 Å². The number of phenols is 1. The third-order valence-electron chi connectivity index (χ3n) is 3.19. The van der Waals surface area contributed by atoms with Crippen LogP contribution in [0.4, 0.5) is 8.78 Å². The summed E-state index contributed by atoms with van der Waals surface area (Å²) < 4.78 is 25.8. The summed E-state index contributed by atoms with van der Waals surface area (Å²) in [4.78, 5) is 11.9. The zero-order chi connectivity index (χ0) is 15.4. The first-order chi connectivity index (χ1) is 9.97. The van der Waals surface area contributed by atoms with E-state index in [0.717, 1.165) is 23.3 Å². The zero-order valence-corrected chi connectivity index (χ0v) is 11.5. The van der Waals surface area contributed by atoms with E-state index in [-0.39, 0.29) is 11.4 Å². The largest absolute Gasteiger partial charge is 0.507 e. The summed E-state index contributed by atoms with van der Waals surface area (Å²) in [6.45, 7) is 2.13. The molecule has 0 aliphatic carbocycles. The summed E-state index contributed by atoms with van der Waals surface area (Å²) in [6.07, 6.45) is 0.541. The highest BCUT2D eigenvalue weighted by Crippen LogP contribution is 2.17. The third-order valence-corrected chi connectivity index (χ3v) is 3.19. The molecule has 0 saturated heterocycles. The van der Waals surface area contributed by atoms with Gasteiger partial charge in [-0.2, -0.15) is 0 Å². The van der Waals surface area contributed by atoms with Crippen molar-refractivity contribution >= 4 is 5.91 Å². The van der Waals surface area contributed by atoms with Crippen molar-refractivity contribution < 1.29 is 18.7 Å². The minimum Gasteiger partial charge on any atom is -0.507 e. The Morgan fingerprint density at radius 1 is 1.14 bits per heavy atom. The van der Waals surface area contributed by atoms with Crippen molar-refractivity contribution in [3.05, 3.63) is 64.7 Å². The van der Waals surface area contributed by atoms with Gasteiger partial charge in [0.2, 0.25) is 0 Å². The molecular weight excluding hydrogens is 276 g/mol. The highest BCUT2D eigenvalue weighted by Gasteiger charge is 2.11. The molecule has 0 atom stereocenters. The van der Waals surface area contributed by atoms with Crippen molar-refractivity contribution in [1.29, 1.82) is 0 Å². The number of aromatic hydroxyl groups is 1. The molecule has 0 heterocycles. The molecule has 0 spiro atoms. The predicted octanol–water partition coefficient (Wildman–Crippen LogP) is 2.95. The van der Waals surface area contributed by atoms with Gasteiger partial charge in [0.1, 0.15) is 17.4 Å². The van der Waals surface area contributed by atoms with Gasteiger partial charge in [0.05, 0.1) is 5.56 Å². The van der Waals surface area contributed by atoms with Crippen molar-refractivity contribution in [3.8, 4) is 5.75 Å². The maximum Gasteiger partial charge on any atom is 0.255 e. The van der Waals surface area contributed by atoms with Crippen LogP contribution in [0.5, 0.6) is 5.75 Å². The van der Waals surface area contributed by atoms with Gasteiger partial charge in [-0.1, -0.05) is 6.07 Å². The predicted molar refractivity (Wildman–Crippen MR) is 75.2 cm³/mol. The lowest BCUT2D eigenvalue weighted by atomic mass is 10.1. The molecule has 0 aliphatic rings. The number of benzene rings is 2. The van der Waals surface area contributed by atoms with E-state index in [4.69, 9.17) is 0 Å². The van der Waals surface area contributed by atoms with Crippen LogP contribution in [0, 0.1) is 18.6 Å². The van der Waals surface area contributed by atoms with E-state index in [1.165, 1.54) is 18.2 Å². The molecule has 2 rings (SSSR count). The molecular formula is C16H15F2NO2. The molecule has 21 heavy (non-hydrogen) atoms. The van der Waals surface area contributed by atoms with Gasteiger partial charge in [-0.15, -0.1) is 0 Å². The molecule has 5 heteroatoms. The lowest BCUT2D eigenvalue weighted by molar-refractivity contribution is 0.0951. The smallest absolute Gasteiger partial charge is 0.255 e. The molecule has 110 valence electrons. The Morgan fingerprint density at radius 2 is 1.81 bits per heavy atom. The highest BCUT2D eigenvalue weighted by molar-refractivity contribution is 5.96. The van der Waals surface area contributed by atoms with E-state index in [2.05, 4.69) is 5.32 Å². The summed E-state index contributed by atoms with van der Waals surface area (Å²) in [5, 5.41) is 12.1. The van der Waals surface area contributed by atoms with Gasteiger partial charge >= 0.3 is 0 Å². The monoisotopic (exact) mass is 291 g/mol. The first-order valence-electron chi connectivity index (χ1n) is 6.49. The quantitative estimate of drug-likeness (QED) is 0.910. The number of phenolic OH excluding ortho intramolecular Hbond substituents is 1. The minimum atomic E-state index is -0.606. The third kappa shape index (κ3) is 3.78. The molecule has 0 fully saturated rings. The van der Waals surface area contributed by atoms with Crippen LogP contribution < -0.4 is 5.32 Å². The van der Waals surface area contributed by atoms with Crippen molar-refractivity contribution in [1.82, 2.24) is 5.32 Å². The first kappa shape index (κ1) is 15.0. The van der Waals surface area contributed by atoms with Gasteiger partial charge in [-0.05, 0) is 48.7 Å². The summed E-state index contributed by atoms with van der Waals surface area (Å²) in [5.41, 5.74) is 1.76.